The maximum Gasteiger partial charge on any atom is 0.229 e. The molecule has 1 aliphatic rings. The van der Waals surface area contributed by atoms with Crippen molar-refractivity contribution in [3.63, 3.8) is 0 Å². The first kappa shape index (κ1) is 28.7. The third-order valence-electron chi connectivity index (χ3n) is 7.27. The molecule has 0 saturated carbocycles. The number of aromatic nitrogens is 1. The van der Waals surface area contributed by atoms with Crippen LogP contribution in [0.3, 0.4) is 0 Å². The summed E-state index contributed by atoms with van der Waals surface area (Å²) in [7, 11) is -3.50. The second-order valence-electron chi connectivity index (χ2n) is 11.0. The van der Waals surface area contributed by atoms with E-state index in [1.54, 1.807) is 51.4 Å². The van der Waals surface area contributed by atoms with E-state index in [4.69, 9.17) is 23.2 Å². The summed E-state index contributed by atoms with van der Waals surface area (Å²) in [5, 5.41) is 1.10. The molecule has 1 aromatic heterocycles. The van der Waals surface area contributed by atoms with Crippen LogP contribution in [-0.2, 0) is 14.6 Å². The summed E-state index contributed by atoms with van der Waals surface area (Å²) < 4.78 is 25.8. The van der Waals surface area contributed by atoms with Crippen molar-refractivity contribution in [2.75, 3.05) is 5.75 Å². The molecule has 8 heteroatoms. The maximum atomic E-state index is 14.3. The molecule has 5 nitrogen and oxygen atoms in total. The van der Waals surface area contributed by atoms with Gasteiger partial charge in [-0.25, -0.2) is 8.42 Å². The third-order valence-corrected chi connectivity index (χ3v) is 10.4. The second-order valence-corrected chi connectivity index (χ2v) is 14.6. The van der Waals surface area contributed by atoms with Crippen molar-refractivity contribution < 1.29 is 13.2 Å². The summed E-state index contributed by atoms with van der Waals surface area (Å²) in [5.41, 5.74) is 1.05. The van der Waals surface area contributed by atoms with Crippen LogP contribution >= 0.6 is 23.2 Å². The molecule has 1 fully saturated rings. The zero-order valence-corrected chi connectivity index (χ0v) is 24.0. The van der Waals surface area contributed by atoms with Gasteiger partial charge in [0.25, 0.3) is 0 Å². The second kappa shape index (κ2) is 10.8. The minimum atomic E-state index is -3.50. The Kier molecular flexibility index (Phi) is 8.64. The molecule has 196 valence electrons. The minimum absolute atomic E-state index is 0.0652. The molecule has 1 saturated heterocycles. The Labute approximate surface area is 225 Å². The number of benzene rings is 1. The molecule has 1 aliphatic heterocycles. The Morgan fingerprint density at radius 3 is 2.33 bits per heavy atom. The number of pyridine rings is 1. The van der Waals surface area contributed by atoms with Crippen molar-refractivity contribution in [3.8, 4) is 0 Å². The third kappa shape index (κ3) is 5.81. The van der Waals surface area contributed by atoms with Crippen LogP contribution in [0.5, 0.6) is 0 Å². The van der Waals surface area contributed by atoms with E-state index >= 15 is 0 Å². The molecule has 1 aromatic carbocycles. The Morgan fingerprint density at radius 1 is 1.17 bits per heavy atom. The first-order chi connectivity index (χ1) is 16.7. The number of sulfone groups is 1. The van der Waals surface area contributed by atoms with Gasteiger partial charge in [-0.3, -0.25) is 9.78 Å². The summed E-state index contributed by atoms with van der Waals surface area (Å²) in [4.78, 5) is 20.4. The lowest BCUT2D eigenvalue weighted by atomic mass is 9.67. The highest BCUT2D eigenvalue weighted by Crippen LogP contribution is 2.52. The van der Waals surface area contributed by atoms with Gasteiger partial charge in [-0.15, -0.1) is 6.58 Å². The molecule has 0 radical (unpaired) electrons. The van der Waals surface area contributed by atoms with Crippen LogP contribution in [-0.4, -0.2) is 40.8 Å². The molecule has 0 N–H and O–H groups in total. The van der Waals surface area contributed by atoms with Crippen LogP contribution in [0.4, 0.5) is 0 Å². The van der Waals surface area contributed by atoms with E-state index in [0.29, 0.717) is 29.3 Å². The van der Waals surface area contributed by atoms with Crippen LogP contribution in [0.2, 0.25) is 10.0 Å². The predicted octanol–water partition coefficient (Wildman–Crippen LogP) is 7.02. The first-order valence-electron chi connectivity index (χ1n) is 12.3. The molecule has 1 amide bonds. The molecule has 2 heterocycles. The van der Waals surface area contributed by atoms with Gasteiger partial charge in [-0.05, 0) is 69.4 Å². The number of allylic oxidation sites excluding steroid dienone is 1. The number of hydrogen-bond acceptors (Lipinski definition) is 4. The molecule has 0 aliphatic carbocycles. The standard InChI is InChI=1S/C28H36Cl2N2O3S/c1-7-13-28(6)15-24(20-14-22(30)17-31-16-20)25(19-9-11-21(29)12-10-19)32(26(28)33)23(8-2)18-36(34,35)27(3,4)5/h7,9-12,14,16-17,23-25H,1,8,13,15,18H2,2-6H3. The number of carbonyl (C=O) groups excluding carboxylic acids is 1. The van der Waals surface area contributed by atoms with Crippen LogP contribution in [0, 0.1) is 5.41 Å². The summed E-state index contributed by atoms with van der Waals surface area (Å²) in [5.74, 6) is -0.344. The highest BCUT2D eigenvalue weighted by Gasteiger charge is 2.51. The van der Waals surface area contributed by atoms with E-state index < -0.39 is 32.1 Å². The largest absolute Gasteiger partial charge is 0.331 e. The quantitative estimate of drug-likeness (QED) is 0.331. The number of nitrogens with zero attached hydrogens (tertiary/aromatic N) is 2. The van der Waals surface area contributed by atoms with Crippen molar-refractivity contribution in [2.24, 2.45) is 5.41 Å². The monoisotopic (exact) mass is 550 g/mol. The lowest BCUT2D eigenvalue weighted by Crippen LogP contribution is -2.57. The fourth-order valence-electron chi connectivity index (χ4n) is 5.08. The van der Waals surface area contributed by atoms with Crippen LogP contribution in [0.1, 0.15) is 77.0 Å². The zero-order valence-electron chi connectivity index (χ0n) is 21.7. The number of likely N-dealkylation sites (tertiary alicyclic amines) is 1. The zero-order chi connectivity index (χ0) is 26.9. The van der Waals surface area contributed by atoms with Crippen LogP contribution in [0.25, 0.3) is 0 Å². The minimum Gasteiger partial charge on any atom is -0.331 e. The van der Waals surface area contributed by atoms with Crippen molar-refractivity contribution in [1.29, 1.82) is 0 Å². The van der Waals surface area contributed by atoms with Gasteiger partial charge in [-0.1, -0.05) is 55.3 Å². The summed E-state index contributed by atoms with van der Waals surface area (Å²) in [6.07, 6.45) is 6.65. The first-order valence-corrected chi connectivity index (χ1v) is 14.7. The van der Waals surface area contributed by atoms with Crippen molar-refractivity contribution in [2.45, 2.75) is 76.6 Å². The Bertz CT molecular complexity index is 1210. The molecular formula is C28H36Cl2N2O3S. The highest BCUT2D eigenvalue weighted by molar-refractivity contribution is 7.92. The fraction of sp³-hybridized carbons (Fsp3) is 0.500. The van der Waals surface area contributed by atoms with Crippen LogP contribution in [0.15, 0.2) is 55.4 Å². The molecule has 0 bridgehead atoms. The molecule has 4 unspecified atom stereocenters. The summed E-state index contributed by atoms with van der Waals surface area (Å²) >= 11 is 12.6. The van der Waals surface area contributed by atoms with Gasteiger partial charge in [-0.2, -0.15) is 0 Å². The average molecular weight is 552 g/mol. The number of rotatable bonds is 8. The Balaban J connectivity index is 2.26. The number of hydrogen-bond donors (Lipinski definition) is 0. The SMILES string of the molecule is C=CCC1(C)CC(c2cncc(Cl)c2)C(c2ccc(Cl)cc2)N(C(CC)CS(=O)(=O)C(C)(C)C)C1=O. The maximum absolute atomic E-state index is 14.3. The van der Waals surface area contributed by atoms with Crippen molar-refractivity contribution in [1.82, 2.24) is 9.88 Å². The van der Waals surface area contributed by atoms with Gasteiger partial charge in [0, 0.05) is 29.4 Å². The molecular weight excluding hydrogens is 515 g/mol. The average Bonchev–Trinajstić information content (AvgIpc) is 2.79. The van der Waals surface area contributed by atoms with E-state index in [0.717, 1.165) is 11.1 Å². The molecule has 0 spiro atoms. The smallest absolute Gasteiger partial charge is 0.229 e. The molecule has 2 aromatic rings. The van der Waals surface area contributed by atoms with Gasteiger partial charge in [0.2, 0.25) is 5.91 Å². The van der Waals surface area contributed by atoms with E-state index in [9.17, 15) is 13.2 Å². The lowest BCUT2D eigenvalue weighted by molar-refractivity contribution is -0.153. The van der Waals surface area contributed by atoms with Crippen LogP contribution < -0.4 is 0 Å². The topological polar surface area (TPSA) is 67.3 Å². The summed E-state index contributed by atoms with van der Waals surface area (Å²) in [6, 6.07) is 8.40. The highest BCUT2D eigenvalue weighted by atomic mass is 35.5. The van der Waals surface area contributed by atoms with E-state index in [-0.39, 0.29) is 17.6 Å². The van der Waals surface area contributed by atoms with Gasteiger partial charge in [0.1, 0.15) is 0 Å². The van der Waals surface area contributed by atoms with E-state index in [1.807, 2.05) is 36.9 Å². The number of piperidine rings is 1. The Hall–Kier alpha value is -1.89. The normalized spacial score (nSPS) is 24.0. The van der Waals surface area contributed by atoms with Crippen molar-refractivity contribution >= 4 is 38.9 Å². The summed E-state index contributed by atoms with van der Waals surface area (Å²) in [6.45, 7) is 12.9. The van der Waals surface area contributed by atoms with Gasteiger partial charge >= 0.3 is 0 Å². The van der Waals surface area contributed by atoms with Crippen molar-refractivity contribution in [3.05, 3.63) is 76.6 Å². The van der Waals surface area contributed by atoms with E-state index in [2.05, 4.69) is 11.6 Å². The van der Waals surface area contributed by atoms with Gasteiger partial charge < -0.3 is 4.90 Å². The molecule has 3 rings (SSSR count). The lowest BCUT2D eigenvalue weighted by Gasteiger charge is -2.52. The Morgan fingerprint density at radius 2 is 1.81 bits per heavy atom. The number of halogens is 2. The number of amides is 1. The van der Waals surface area contributed by atoms with E-state index in [1.165, 1.54) is 0 Å². The molecule has 36 heavy (non-hydrogen) atoms. The number of carbonyl (C=O) groups is 1. The fourth-order valence-corrected chi connectivity index (χ4v) is 6.79. The van der Waals surface area contributed by atoms with Gasteiger partial charge in [0.05, 0.1) is 27.0 Å². The molecule has 4 atom stereocenters. The van der Waals surface area contributed by atoms with Gasteiger partial charge in [0.15, 0.2) is 9.84 Å². The predicted molar refractivity (Wildman–Crippen MR) is 148 cm³/mol.